The molecule has 0 radical (unpaired) electrons. The Morgan fingerprint density at radius 1 is 1.15 bits per heavy atom. The second-order valence-corrected chi connectivity index (χ2v) is 9.64. The van der Waals surface area contributed by atoms with Crippen LogP contribution in [0.3, 0.4) is 0 Å². The zero-order valence-corrected chi connectivity index (χ0v) is 16.9. The summed E-state index contributed by atoms with van der Waals surface area (Å²) in [5.74, 6) is 2.08. The van der Waals surface area contributed by atoms with Crippen molar-refractivity contribution in [1.29, 1.82) is 0 Å². The molecule has 1 aromatic carbocycles. The van der Waals surface area contributed by atoms with Crippen LogP contribution >= 0.6 is 34.4 Å². The number of carbonyl (C=O) groups is 1. The van der Waals surface area contributed by atoms with Crippen LogP contribution < -0.4 is 5.32 Å². The van der Waals surface area contributed by atoms with Crippen molar-refractivity contribution in [3.63, 3.8) is 0 Å². The fraction of sp³-hybridized carbons (Fsp3) is 0.200. The molecule has 0 fully saturated rings. The number of thiophene rings is 1. The van der Waals surface area contributed by atoms with Crippen molar-refractivity contribution in [3.8, 4) is 5.00 Å². The standard InChI is InChI=1S/C20H17N3OS3/c24-19(21-11-17-22-14-5-1-2-6-15(14)26-17)18-13-7-10-25-12-16(13)27-20(18)23-8-3-4-9-23/h1-6,8-9H,7,10-12H2,(H,21,24). The third-order valence-electron chi connectivity index (χ3n) is 4.61. The first-order chi connectivity index (χ1) is 13.3. The quantitative estimate of drug-likeness (QED) is 0.521. The van der Waals surface area contributed by atoms with Crippen molar-refractivity contribution in [2.75, 3.05) is 5.75 Å². The highest BCUT2D eigenvalue weighted by molar-refractivity contribution is 7.98. The van der Waals surface area contributed by atoms with E-state index < -0.39 is 0 Å². The molecule has 0 bridgehead atoms. The van der Waals surface area contributed by atoms with Crippen LogP contribution in [0, 0.1) is 0 Å². The zero-order valence-electron chi connectivity index (χ0n) is 14.5. The maximum atomic E-state index is 13.1. The van der Waals surface area contributed by atoms with E-state index in [1.807, 2.05) is 54.5 Å². The molecule has 1 aliphatic heterocycles. The smallest absolute Gasteiger partial charge is 0.254 e. The van der Waals surface area contributed by atoms with Crippen LogP contribution in [0.1, 0.15) is 25.8 Å². The van der Waals surface area contributed by atoms with E-state index in [0.29, 0.717) is 6.54 Å². The molecule has 7 heteroatoms. The number of rotatable bonds is 4. The second kappa shape index (κ2) is 7.14. The average molecular weight is 412 g/mol. The summed E-state index contributed by atoms with van der Waals surface area (Å²) in [5.41, 5.74) is 3.06. The fourth-order valence-corrected chi connectivity index (χ4v) is 6.69. The molecule has 0 atom stereocenters. The fourth-order valence-electron chi connectivity index (χ4n) is 3.34. The molecule has 27 heavy (non-hydrogen) atoms. The molecule has 0 spiro atoms. The van der Waals surface area contributed by atoms with Crippen molar-refractivity contribution >= 4 is 50.6 Å². The number of amides is 1. The largest absolute Gasteiger partial charge is 0.345 e. The van der Waals surface area contributed by atoms with E-state index in [1.54, 1.807) is 22.7 Å². The molecule has 0 saturated carbocycles. The summed E-state index contributed by atoms with van der Waals surface area (Å²) in [4.78, 5) is 19.1. The number of benzene rings is 1. The Hall–Kier alpha value is -2.09. The van der Waals surface area contributed by atoms with Gasteiger partial charge in [-0.3, -0.25) is 4.79 Å². The number of fused-ring (bicyclic) bond motifs is 2. The van der Waals surface area contributed by atoms with Crippen LogP contribution in [0.4, 0.5) is 0 Å². The summed E-state index contributed by atoms with van der Waals surface area (Å²) < 4.78 is 3.21. The molecule has 136 valence electrons. The maximum Gasteiger partial charge on any atom is 0.254 e. The predicted octanol–water partition coefficient (Wildman–Crippen LogP) is 4.87. The van der Waals surface area contributed by atoms with E-state index in [2.05, 4.69) is 20.9 Å². The van der Waals surface area contributed by atoms with Gasteiger partial charge in [-0.25, -0.2) is 4.98 Å². The Balaban J connectivity index is 1.44. The Bertz CT molecular complexity index is 1080. The summed E-state index contributed by atoms with van der Waals surface area (Å²) in [7, 11) is 0. The van der Waals surface area contributed by atoms with Crippen LogP contribution in [0.2, 0.25) is 0 Å². The Labute approximate surface area is 169 Å². The minimum Gasteiger partial charge on any atom is -0.345 e. The number of carbonyl (C=O) groups excluding carboxylic acids is 1. The van der Waals surface area contributed by atoms with Crippen LogP contribution in [0.15, 0.2) is 48.8 Å². The molecule has 4 nitrogen and oxygen atoms in total. The van der Waals surface area contributed by atoms with Crippen LogP contribution in [0.25, 0.3) is 15.2 Å². The maximum absolute atomic E-state index is 13.1. The molecule has 1 amide bonds. The molecule has 3 aromatic heterocycles. The number of nitrogens with zero attached hydrogens (tertiary/aromatic N) is 2. The van der Waals surface area contributed by atoms with Gasteiger partial charge < -0.3 is 9.88 Å². The van der Waals surface area contributed by atoms with Gasteiger partial charge in [0.2, 0.25) is 0 Å². The van der Waals surface area contributed by atoms with E-state index in [9.17, 15) is 4.79 Å². The normalized spacial score (nSPS) is 13.6. The van der Waals surface area contributed by atoms with E-state index in [1.165, 1.54) is 10.4 Å². The first kappa shape index (κ1) is 17.0. The molecule has 4 heterocycles. The summed E-state index contributed by atoms with van der Waals surface area (Å²) in [6, 6.07) is 12.1. The third kappa shape index (κ3) is 3.20. The lowest BCUT2D eigenvalue weighted by molar-refractivity contribution is 0.0950. The summed E-state index contributed by atoms with van der Waals surface area (Å²) in [5, 5.41) is 5.07. The third-order valence-corrected chi connectivity index (χ3v) is 8.06. The molecule has 0 aliphatic carbocycles. The Morgan fingerprint density at radius 2 is 2.00 bits per heavy atom. The molecule has 4 aromatic rings. The Morgan fingerprint density at radius 3 is 2.85 bits per heavy atom. The van der Waals surface area contributed by atoms with Gasteiger partial charge in [0.25, 0.3) is 5.91 Å². The first-order valence-corrected chi connectivity index (χ1v) is 11.6. The predicted molar refractivity (Wildman–Crippen MR) is 114 cm³/mol. The lowest BCUT2D eigenvalue weighted by Gasteiger charge is -2.13. The second-order valence-electron chi connectivity index (χ2n) is 6.33. The number of thiazole rings is 1. The number of para-hydroxylation sites is 1. The van der Waals surface area contributed by atoms with Crippen molar-refractivity contribution in [3.05, 3.63) is 69.8 Å². The topological polar surface area (TPSA) is 46.9 Å². The van der Waals surface area contributed by atoms with E-state index in [-0.39, 0.29) is 5.91 Å². The zero-order chi connectivity index (χ0) is 18.2. The summed E-state index contributed by atoms with van der Waals surface area (Å²) in [6.45, 7) is 0.461. The number of hydrogen-bond donors (Lipinski definition) is 1. The van der Waals surface area contributed by atoms with Crippen molar-refractivity contribution in [2.24, 2.45) is 0 Å². The molecule has 0 saturated heterocycles. The first-order valence-electron chi connectivity index (χ1n) is 8.78. The lowest BCUT2D eigenvalue weighted by Crippen LogP contribution is -2.25. The molecule has 5 rings (SSSR count). The SMILES string of the molecule is O=C(NCc1nc2ccccc2s1)c1c(-n2cccc2)sc2c1CCSC2. The molecule has 0 unspecified atom stereocenters. The van der Waals surface area contributed by atoms with Crippen molar-refractivity contribution < 1.29 is 4.79 Å². The van der Waals surface area contributed by atoms with Gasteiger partial charge in [0.15, 0.2) is 0 Å². The van der Waals surface area contributed by atoms with Gasteiger partial charge in [-0.15, -0.1) is 22.7 Å². The number of hydrogen-bond acceptors (Lipinski definition) is 5. The van der Waals surface area contributed by atoms with Gasteiger partial charge in [-0.2, -0.15) is 11.8 Å². The molecular weight excluding hydrogens is 394 g/mol. The van der Waals surface area contributed by atoms with E-state index in [0.717, 1.165) is 43.7 Å². The summed E-state index contributed by atoms with van der Waals surface area (Å²) >= 11 is 5.32. The van der Waals surface area contributed by atoms with Crippen molar-refractivity contribution in [2.45, 2.75) is 18.7 Å². The monoisotopic (exact) mass is 411 g/mol. The minimum absolute atomic E-state index is 0.00218. The highest BCUT2D eigenvalue weighted by Crippen LogP contribution is 2.38. The van der Waals surface area contributed by atoms with Crippen LogP contribution in [-0.4, -0.2) is 21.2 Å². The lowest BCUT2D eigenvalue weighted by atomic mass is 10.1. The molecule has 1 N–H and O–H groups in total. The van der Waals surface area contributed by atoms with Crippen LogP contribution in [-0.2, 0) is 18.7 Å². The molecule has 1 aliphatic rings. The number of aromatic nitrogens is 2. The number of thioether (sulfide) groups is 1. The summed E-state index contributed by atoms with van der Waals surface area (Å²) in [6.07, 6.45) is 4.98. The van der Waals surface area contributed by atoms with E-state index >= 15 is 0 Å². The highest BCUT2D eigenvalue weighted by atomic mass is 32.2. The van der Waals surface area contributed by atoms with Crippen LogP contribution in [0.5, 0.6) is 0 Å². The van der Waals surface area contributed by atoms with Gasteiger partial charge in [0, 0.05) is 23.0 Å². The molecular formula is C20H17N3OS3. The van der Waals surface area contributed by atoms with Gasteiger partial charge >= 0.3 is 0 Å². The number of nitrogens with one attached hydrogen (secondary N) is 1. The van der Waals surface area contributed by atoms with Gasteiger partial charge in [0.05, 0.1) is 22.3 Å². The van der Waals surface area contributed by atoms with Gasteiger partial charge in [-0.1, -0.05) is 12.1 Å². The Kier molecular flexibility index (Phi) is 4.51. The van der Waals surface area contributed by atoms with Gasteiger partial charge in [-0.05, 0) is 42.0 Å². The van der Waals surface area contributed by atoms with Gasteiger partial charge in [0.1, 0.15) is 10.0 Å². The highest BCUT2D eigenvalue weighted by Gasteiger charge is 2.26. The van der Waals surface area contributed by atoms with Crippen molar-refractivity contribution in [1.82, 2.24) is 14.9 Å². The minimum atomic E-state index is 0.00218. The van der Waals surface area contributed by atoms with E-state index in [4.69, 9.17) is 0 Å². The average Bonchev–Trinajstić information content (AvgIpc) is 3.43.